The van der Waals surface area contributed by atoms with Crippen LogP contribution in [0.3, 0.4) is 0 Å². The Bertz CT molecular complexity index is 280. The fourth-order valence-electron chi connectivity index (χ4n) is 2.01. The Kier molecular flexibility index (Phi) is 5.50. The van der Waals surface area contributed by atoms with Gasteiger partial charge in [0.05, 0.1) is 0 Å². The van der Waals surface area contributed by atoms with Gasteiger partial charge >= 0.3 is 0 Å². The predicted molar refractivity (Wildman–Crippen MR) is 70.3 cm³/mol. The van der Waals surface area contributed by atoms with E-state index >= 15 is 0 Å². The van der Waals surface area contributed by atoms with Crippen LogP contribution < -0.4 is 5.73 Å². The number of benzene rings is 1. The fraction of sp³-hybridized carbons (Fsp3) is 0.571. The normalized spacial score (nSPS) is 15.1. The molecule has 0 heterocycles. The summed E-state index contributed by atoms with van der Waals surface area (Å²) in [6, 6.07) is 10.5. The van der Waals surface area contributed by atoms with E-state index in [2.05, 4.69) is 49.9 Å². The molecular formula is C14H24N2. The number of nitrogens with zero attached hydrogens (tertiary/aromatic N) is 1. The lowest BCUT2D eigenvalue weighted by Crippen LogP contribution is -2.33. The second-order valence-corrected chi connectivity index (χ2v) is 4.40. The minimum atomic E-state index is 0.141. The molecule has 0 aliphatic carbocycles. The molecular weight excluding hydrogens is 196 g/mol. The largest absolute Gasteiger partial charge is 0.324 e. The van der Waals surface area contributed by atoms with Crippen LogP contribution in [0.2, 0.25) is 0 Å². The second kappa shape index (κ2) is 6.66. The maximum atomic E-state index is 6.27. The molecule has 0 saturated carbocycles. The van der Waals surface area contributed by atoms with E-state index in [-0.39, 0.29) is 6.04 Å². The Hall–Kier alpha value is -0.860. The molecule has 2 atom stereocenters. The zero-order valence-electron chi connectivity index (χ0n) is 10.7. The lowest BCUT2D eigenvalue weighted by atomic mass is 9.95. The van der Waals surface area contributed by atoms with Crippen molar-refractivity contribution in [2.75, 3.05) is 19.6 Å². The van der Waals surface area contributed by atoms with Crippen LogP contribution in [0.25, 0.3) is 0 Å². The molecule has 2 heteroatoms. The molecule has 0 fully saturated rings. The van der Waals surface area contributed by atoms with E-state index in [0.717, 1.165) is 19.6 Å². The molecule has 0 radical (unpaired) electrons. The van der Waals surface area contributed by atoms with Gasteiger partial charge in [0.2, 0.25) is 0 Å². The van der Waals surface area contributed by atoms with E-state index in [4.69, 9.17) is 5.73 Å². The molecule has 0 aliphatic rings. The summed E-state index contributed by atoms with van der Waals surface area (Å²) in [7, 11) is 0. The Balaban J connectivity index is 2.57. The highest BCUT2D eigenvalue weighted by Gasteiger charge is 2.16. The van der Waals surface area contributed by atoms with E-state index < -0.39 is 0 Å². The Morgan fingerprint density at radius 2 is 1.69 bits per heavy atom. The van der Waals surface area contributed by atoms with Crippen LogP contribution in [0.15, 0.2) is 30.3 Å². The minimum Gasteiger partial charge on any atom is -0.324 e. The molecule has 1 aromatic carbocycles. The molecule has 0 aliphatic heterocycles. The summed E-state index contributed by atoms with van der Waals surface area (Å²) in [5.74, 6) is 0.488. The van der Waals surface area contributed by atoms with Crippen molar-refractivity contribution < 1.29 is 0 Å². The van der Waals surface area contributed by atoms with Gasteiger partial charge in [-0.2, -0.15) is 0 Å². The summed E-state index contributed by atoms with van der Waals surface area (Å²) in [6.45, 7) is 9.90. The van der Waals surface area contributed by atoms with Crippen LogP contribution in [-0.4, -0.2) is 24.5 Å². The van der Waals surface area contributed by atoms with Crippen molar-refractivity contribution >= 4 is 0 Å². The first-order chi connectivity index (χ1) is 7.69. The Morgan fingerprint density at radius 3 is 2.19 bits per heavy atom. The quantitative estimate of drug-likeness (QED) is 0.798. The summed E-state index contributed by atoms with van der Waals surface area (Å²) in [5.41, 5.74) is 7.51. The maximum Gasteiger partial charge on any atom is 0.0333 e. The molecule has 0 amide bonds. The first-order valence-corrected chi connectivity index (χ1v) is 6.21. The molecule has 90 valence electrons. The summed E-state index contributed by atoms with van der Waals surface area (Å²) >= 11 is 0. The van der Waals surface area contributed by atoms with Crippen LogP contribution in [0.4, 0.5) is 0 Å². The molecule has 16 heavy (non-hydrogen) atoms. The van der Waals surface area contributed by atoms with Gasteiger partial charge in [-0.1, -0.05) is 51.1 Å². The van der Waals surface area contributed by atoms with Crippen molar-refractivity contribution in [2.24, 2.45) is 11.7 Å². The zero-order valence-corrected chi connectivity index (χ0v) is 10.7. The average molecular weight is 220 g/mol. The standard InChI is InChI=1S/C14H24N2/c1-4-16(5-2)11-12(3)14(15)13-9-7-6-8-10-13/h6-10,12,14H,4-5,11,15H2,1-3H3. The minimum absolute atomic E-state index is 0.141. The third kappa shape index (κ3) is 3.62. The summed E-state index contributed by atoms with van der Waals surface area (Å²) in [6.07, 6.45) is 0. The highest BCUT2D eigenvalue weighted by molar-refractivity contribution is 5.19. The van der Waals surface area contributed by atoms with Crippen molar-refractivity contribution in [2.45, 2.75) is 26.8 Å². The summed E-state index contributed by atoms with van der Waals surface area (Å²) in [4.78, 5) is 2.42. The monoisotopic (exact) mass is 220 g/mol. The van der Waals surface area contributed by atoms with Crippen LogP contribution in [0, 0.1) is 5.92 Å². The van der Waals surface area contributed by atoms with Crippen molar-refractivity contribution in [3.63, 3.8) is 0 Å². The number of hydrogen-bond acceptors (Lipinski definition) is 2. The van der Waals surface area contributed by atoms with Crippen LogP contribution in [0.5, 0.6) is 0 Å². The first-order valence-electron chi connectivity index (χ1n) is 6.21. The number of nitrogens with two attached hydrogens (primary N) is 1. The average Bonchev–Trinajstić information content (AvgIpc) is 2.35. The molecule has 0 aromatic heterocycles. The van der Waals surface area contributed by atoms with Gasteiger partial charge in [-0.15, -0.1) is 0 Å². The number of hydrogen-bond donors (Lipinski definition) is 1. The molecule has 0 bridgehead atoms. The molecule has 1 rings (SSSR count). The maximum absolute atomic E-state index is 6.27. The third-order valence-electron chi connectivity index (χ3n) is 3.24. The zero-order chi connectivity index (χ0) is 12.0. The lowest BCUT2D eigenvalue weighted by molar-refractivity contribution is 0.242. The van der Waals surface area contributed by atoms with Crippen molar-refractivity contribution in [1.82, 2.24) is 4.90 Å². The van der Waals surface area contributed by atoms with Crippen molar-refractivity contribution in [1.29, 1.82) is 0 Å². The Morgan fingerprint density at radius 1 is 1.12 bits per heavy atom. The first kappa shape index (κ1) is 13.2. The van der Waals surface area contributed by atoms with E-state index in [0.29, 0.717) is 5.92 Å². The van der Waals surface area contributed by atoms with Gasteiger partial charge < -0.3 is 10.6 Å². The van der Waals surface area contributed by atoms with Crippen molar-refractivity contribution in [3.8, 4) is 0 Å². The van der Waals surface area contributed by atoms with Crippen LogP contribution in [-0.2, 0) is 0 Å². The molecule has 2 nitrogen and oxygen atoms in total. The second-order valence-electron chi connectivity index (χ2n) is 4.40. The van der Waals surface area contributed by atoms with Gasteiger partial charge in [-0.3, -0.25) is 0 Å². The molecule has 2 unspecified atom stereocenters. The SMILES string of the molecule is CCN(CC)CC(C)C(N)c1ccccc1. The molecule has 1 aromatic rings. The van der Waals surface area contributed by atoms with Gasteiger partial charge in [-0.25, -0.2) is 0 Å². The highest BCUT2D eigenvalue weighted by Crippen LogP contribution is 2.19. The molecule has 0 saturated heterocycles. The molecule has 0 spiro atoms. The molecule has 2 N–H and O–H groups in total. The highest BCUT2D eigenvalue weighted by atomic mass is 15.1. The van der Waals surface area contributed by atoms with Gasteiger partial charge in [0, 0.05) is 12.6 Å². The predicted octanol–water partition coefficient (Wildman–Crippen LogP) is 2.66. The van der Waals surface area contributed by atoms with E-state index in [1.165, 1.54) is 5.56 Å². The van der Waals surface area contributed by atoms with Gasteiger partial charge in [0.1, 0.15) is 0 Å². The third-order valence-corrected chi connectivity index (χ3v) is 3.24. The van der Waals surface area contributed by atoms with Crippen LogP contribution in [0.1, 0.15) is 32.4 Å². The number of rotatable bonds is 6. The van der Waals surface area contributed by atoms with Gasteiger partial charge in [0.25, 0.3) is 0 Å². The van der Waals surface area contributed by atoms with E-state index in [9.17, 15) is 0 Å². The van der Waals surface area contributed by atoms with Gasteiger partial charge in [-0.05, 0) is 24.6 Å². The van der Waals surface area contributed by atoms with E-state index in [1.54, 1.807) is 0 Å². The van der Waals surface area contributed by atoms with Gasteiger partial charge in [0.15, 0.2) is 0 Å². The van der Waals surface area contributed by atoms with Crippen molar-refractivity contribution in [3.05, 3.63) is 35.9 Å². The smallest absolute Gasteiger partial charge is 0.0333 e. The topological polar surface area (TPSA) is 29.3 Å². The van der Waals surface area contributed by atoms with Crippen LogP contribution >= 0.6 is 0 Å². The summed E-state index contributed by atoms with van der Waals surface area (Å²) < 4.78 is 0. The fourth-order valence-corrected chi connectivity index (χ4v) is 2.01. The Labute approximate surface area is 99.5 Å². The summed E-state index contributed by atoms with van der Waals surface area (Å²) in [5, 5.41) is 0. The lowest BCUT2D eigenvalue weighted by Gasteiger charge is -2.27. The van der Waals surface area contributed by atoms with E-state index in [1.807, 2.05) is 6.07 Å².